The van der Waals surface area contributed by atoms with Crippen molar-refractivity contribution in [1.82, 2.24) is 4.98 Å². The summed E-state index contributed by atoms with van der Waals surface area (Å²) in [4.78, 5) is 4.33. The van der Waals surface area contributed by atoms with E-state index in [0.717, 1.165) is 28.0 Å². The van der Waals surface area contributed by atoms with Gasteiger partial charge in [0.1, 0.15) is 5.52 Å². The molecular weight excluding hydrogens is 230 g/mol. The van der Waals surface area contributed by atoms with E-state index in [-0.39, 0.29) is 5.54 Å². The van der Waals surface area contributed by atoms with Crippen molar-refractivity contribution < 1.29 is 0 Å². The maximum absolute atomic E-state index is 6.19. The van der Waals surface area contributed by atoms with Gasteiger partial charge in [-0.05, 0) is 37.8 Å². The van der Waals surface area contributed by atoms with Gasteiger partial charge in [0.15, 0.2) is 0 Å². The lowest BCUT2D eigenvalue weighted by Crippen LogP contribution is -2.44. The monoisotopic (exact) mass is 247 g/mol. The van der Waals surface area contributed by atoms with Gasteiger partial charge in [-0.25, -0.2) is 4.98 Å². The van der Waals surface area contributed by atoms with Gasteiger partial charge >= 0.3 is 0 Å². The highest BCUT2D eigenvalue weighted by Crippen LogP contribution is 2.40. The molecule has 3 rings (SSSR count). The van der Waals surface area contributed by atoms with E-state index in [9.17, 15) is 0 Å². The zero-order chi connectivity index (χ0) is 11.9. The Kier molecular flexibility index (Phi) is 2.47. The minimum absolute atomic E-state index is 0.276. The molecule has 0 spiro atoms. The largest absolute Gasteiger partial charge is 0.395 e. The van der Waals surface area contributed by atoms with Crippen LogP contribution in [0.15, 0.2) is 17.6 Å². The molecule has 1 heterocycles. The smallest absolute Gasteiger partial charge is 0.106 e. The molecule has 4 heteroatoms. The van der Waals surface area contributed by atoms with Crippen molar-refractivity contribution in [3.63, 3.8) is 0 Å². The topological polar surface area (TPSA) is 50.9 Å². The van der Waals surface area contributed by atoms with Crippen molar-refractivity contribution in [2.75, 3.05) is 11.1 Å². The number of aromatic nitrogens is 1. The van der Waals surface area contributed by atoms with E-state index in [0.29, 0.717) is 0 Å². The number of hydrogen-bond donors (Lipinski definition) is 2. The fraction of sp³-hybridized carbons (Fsp3) is 0.462. The zero-order valence-electron chi connectivity index (χ0n) is 9.99. The second kappa shape index (κ2) is 3.88. The van der Waals surface area contributed by atoms with Crippen molar-refractivity contribution >= 4 is 32.9 Å². The lowest BCUT2D eigenvalue weighted by atomic mass is 9.74. The summed E-state index contributed by atoms with van der Waals surface area (Å²) in [6.07, 6.45) is 4.97. The molecule has 2 aromatic rings. The van der Waals surface area contributed by atoms with E-state index in [4.69, 9.17) is 5.73 Å². The van der Waals surface area contributed by atoms with Crippen molar-refractivity contribution in [2.24, 2.45) is 0 Å². The molecular formula is C13H17N3S. The normalized spacial score (nSPS) is 17.9. The Hall–Kier alpha value is -1.29. The Morgan fingerprint density at radius 3 is 2.94 bits per heavy atom. The van der Waals surface area contributed by atoms with E-state index < -0.39 is 0 Å². The highest BCUT2D eigenvalue weighted by Gasteiger charge is 2.35. The first kappa shape index (κ1) is 10.8. The van der Waals surface area contributed by atoms with Gasteiger partial charge in [-0.2, -0.15) is 0 Å². The zero-order valence-corrected chi connectivity index (χ0v) is 10.8. The molecule has 0 bridgehead atoms. The summed E-state index contributed by atoms with van der Waals surface area (Å²) >= 11 is 1.63. The quantitative estimate of drug-likeness (QED) is 0.814. The number of rotatable bonds is 3. The molecule has 1 aliphatic carbocycles. The third-order valence-corrected chi connectivity index (χ3v) is 4.72. The molecule has 1 aromatic carbocycles. The number of benzene rings is 1. The minimum atomic E-state index is 0.276. The number of nitrogens with zero attached hydrogens (tertiary/aromatic N) is 1. The molecule has 1 aromatic heterocycles. The van der Waals surface area contributed by atoms with Crippen LogP contribution in [-0.2, 0) is 0 Å². The SMILES string of the molecule is CCC1(Nc2ccc3scnc3c2N)CCC1. The number of nitrogens with two attached hydrogens (primary N) is 1. The molecule has 0 aliphatic heterocycles. The summed E-state index contributed by atoms with van der Waals surface area (Å²) in [5.41, 5.74) is 11.1. The molecule has 3 N–H and O–H groups in total. The molecule has 1 saturated carbocycles. The molecule has 3 nitrogen and oxygen atoms in total. The van der Waals surface area contributed by atoms with Gasteiger partial charge < -0.3 is 11.1 Å². The van der Waals surface area contributed by atoms with Crippen molar-refractivity contribution in [3.05, 3.63) is 17.6 Å². The maximum atomic E-state index is 6.19. The third kappa shape index (κ3) is 1.67. The van der Waals surface area contributed by atoms with Crippen LogP contribution in [0.4, 0.5) is 11.4 Å². The number of anilines is 2. The minimum Gasteiger partial charge on any atom is -0.395 e. The Labute approximate surface area is 105 Å². The second-order valence-corrected chi connectivity index (χ2v) is 5.72. The van der Waals surface area contributed by atoms with E-state index in [1.54, 1.807) is 11.3 Å². The van der Waals surface area contributed by atoms with Gasteiger partial charge in [0, 0.05) is 5.54 Å². The van der Waals surface area contributed by atoms with Gasteiger partial charge in [0.2, 0.25) is 0 Å². The Morgan fingerprint density at radius 1 is 1.47 bits per heavy atom. The van der Waals surface area contributed by atoms with Crippen molar-refractivity contribution in [3.8, 4) is 0 Å². The number of hydrogen-bond acceptors (Lipinski definition) is 4. The van der Waals surface area contributed by atoms with Crippen LogP contribution in [0.1, 0.15) is 32.6 Å². The standard InChI is InChI=1S/C13H17N3S/c1-2-13(6-3-7-13)16-9-4-5-10-12(11(9)14)15-8-17-10/h4-5,8,16H,2-3,6-7,14H2,1H3. The first-order valence-corrected chi connectivity index (χ1v) is 7.02. The number of nitrogen functional groups attached to an aromatic ring is 1. The number of nitrogens with one attached hydrogen (secondary N) is 1. The van der Waals surface area contributed by atoms with E-state index in [2.05, 4.69) is 29.4 Å². The summed E-state index contributed by atoms with van der Waals surface area (Å²) in [5.74, 6) is 0. The molecule has 17 heavy (non-hydrogen) atoms. The van der Waals surface area contributed by atoms with Crippen LogP contribution in [0.3, 0.4) is 0 Å². The molecule has 0 atom stereocenters. The Balaban J connectivity index is 1.97. The fourth-order valence-electron chi connectivity index (χ4n) is 2.52. The summed E-state index contributed by atoms with van der Waals surface area (Å²) < 4.78 is 1.16. The highest BCUT2D eigenvalue weighted by atomic mass is 32.1. The van der Waals surface area contributed by atoms with Crippen molar-refractivity contribution in [2.45, 2.75) is 38.1 Å². The van der Waals surface area contributed by atoms with Gasteiger partial charge in [-0.3, -0.25) is 0 Å². The van der Waals surface area contributed by atoms with Crippen LogP contribution in [0.5, 0.6) is 0 Å². The predicted octanol–water partition coefficient (Wildman–Crippen LogP) is 3.62. The Bertz CT molecular complexity index is 537. The van der Waals surface area contributed by atoms with Gasteiger partial charge in [0.25, 0.3) is 0 Å². The lowest BCUT2D eigenvalue weighted by molar-refractivity contribution is 0.270. The van der Waals surface area contributed by atoms with E-state index >= 15 is 0 Å². The fourth-order valence-corrected chi connectivity index (χ4v) is 3.21. The first-order chi connectivity index (χ1) is 8.24. The van der Waals surface area contributed by atoms with Crippen LogP contribution in [-0.4, -0.2) is 10.5 Å². The second-order valence-electron chi connectivity index (χ2n) is 4.84. The molecule has 0 saturated heterocycles. The van der Waals surface area contributed by atoms with Crippen LogP contribution < -0.4 is 11.1 Å². The number of thiazole rings is 1. The van der Waals surface area contributed by atoms with E-state index in [1.807, 2.05) is 5.51 Å². The average molecular weight is 247 g/mol. The molecule has 0 unspecified atom stereocenters. The molecule has 1 fully saturated rings. The Morgan fingerprint density at radius 2 is 2.29 bits per heavy atom. The first-order valence-electron chi connectivity index (χ1n) is 6.14. The molecule has 1 aliphatic rings. The average Bonchev–Trinajstić information content (AvgIpc) is 2.75. The third-order valence-electron chi connectivity index (χ3n) is 3.93. The van der Waals surface area contributed by atoms with Crippen LogP contribution in [0.2, 0.25) is 0 Å². The van der Waals surface area contributed by atoms with Gasteiger partial charge in [-0.15, -0.1) is 11.3 Å². The van der Waals surface area contributed by atoms with Gasteiger partial charge in [-0.1, -0.05) is 6.92 Å². The predicted molar refractivity (Wildman–Crippen MR) is 74.5 cm³/mol. The van der Waals surface area contributed by atoms with Gasteiger partial charge in [0.05, 0.1) is 21.6 Å². The molecule has 0 amide bonds. The summed E-state index contributed by atoms with van der Waals surface area (Å²) in [6.45, 7) is 2.24. The van der Waals surface area contributed by atoms with Crippen molar-refractivity contribution in [1.29, 1.82) is 0 Å². The van der Waals surface area contributed by atoms with Crippen LogP contribution in [0.25, 0.3) is 10.2 Å². The van der Waals surface area contributed by atoms with E-state index in [1.165, 1.54) is 19.3 Å². The lowest BCUT2D eigenvalue weighted by Gasteiger charge is -2.43. The summed E-state index contributed by atoms with van der Waals surface area (Å²) in [5, 5.41) is 3.63. The molecule has 90 valence electrons. The summed E-state index contributed by atoms with van der Waals surface area (Å²) in [7, 11) is 0. The summed E-state index contributed by atoms with van der Waals surface area (Å²) in [6, 6.07) is 4.19. The maximum Gasteiger partial charge on any atom is 0.106 e. The number of fused-ring (bicyclic) bond motifs is 1. The highest BCUT2D eigenvalue weighted by molar-refractivity contribution is 7.16. The van der Waals surface area contributed by atoms with Crippen LogP contribution in [0, 0.1) is 0 Å². The van der Waals surface area contributed by atoms with Crippen LogP contribution >= 0.6 is 11.3 Å². The molecule has 0 radical (unpaired) electrons.